The average Bonchev–Trinajstić information content (AvgIpc) is 2.48. The van der Waals surface area contributed by atoms with Crippen LogP contribution in [0.2, 0.25) is 10.0 Å². The van der Waals surface area contributed by atoms with E-state index in [0.717, 1.165) is 12.8 Å². The maximum Gasteiger partial charge on any atom is 0.328 e. The Balaban J connectivity index is 2.30. The number of carbonyl (C=O) groups is 2. The zero-order chi connectivity index (χ0) is 14.7. The van der Waals surface area contributed by atoms with E-state index in [-0.39, 0.29) is 5.91 Å². The molecule has 0 bridgehead atoms. The van der Waals surface area contributed by atoms with Gasteiger partial charge in [-0.3, -0.25) is 4.79 Å². The van der Waals surface area contributed by atoms with E-state index in [4.69, 9.17) is 27.9 Å². The Kier molecular flexibility index (Phi) is 4.89. The summed E-state index contributed by atoms with van der Waals surface area (Å²) in [6.07, 6.45) is 2.36. The lowest BCUT2D eigenvalue weighted by molar-refractivity contribution is -0.147. The molecule has 1 saturated heterocycles. The summed E-state index contributed by atoms with van der Waals surface area (Å²) in [5.74, 6) is -0.677. The zero-order valence-electron chi connectivity index (χ0n) is 11.1. The normalized spacial score (nSPS) is 18.8. The SMILES string of the molecule is COC(=O)C1CCCCN1C(=O)c1cc(Cl)ccc1Cl. The van der Waals surface area contributed by atoms with Crippen molar-refractivity contribution < 1.29 is 14.3 Å². The fraction of sp³-hybridized carbons (Fsp3) is 0.429. The number of carbonyl (C=O) groups excluding carboxylic acids is 2. The molecule has 1 heterocycles. The van der Waals surface area contributed by atoms with Gasteiger partial charge in [-0.25, -0.2) is 4.79 Å². The molecule has 0 radical (unpaired) electrons. The van der Waals surface area contributed by atoms with Crippen LogP contribution in [0.5, 0.6) is 0 Å². The minimum atomic E-state index is -0.545. The molecule has 1 atom stereocenters. The smallest absolute Gasteiger partial charge is 0.328 e. The second-order valence-electron chi connectivity index (χ2n) is 4.66. The summed E-state index contributed by atoms with van der Waals surface area (Å²) in [6, 6.07) is 4.18. The van der Waals surface area contributed by atoms with Gasteiger partial charge in [0.05, 0.1) is 17.7 Å². The summed E-state index contributed by atoms with van der Waals surface area (Å²) in [5.41, 5.74) is 0.315. The third kappa shape index (κ3) is 3.07. The van der Waals surface area contributed by atoms with Crippen molar-refractivity contribution in [1.82, 2.24) is 4.90 Å². The molecule has 1 fully saturated rings. The summed E-state index contributed by atoms with van der Waals surface area (Å²) >= 11 is 12.0. The largest absolute Gasteiger partial charge is 0.467 e. The Morgan fingerprint density at radius 1 is 1.30 bits per heavy atom. The van der Waals surface area contributed by atoms with E-state index in [1.165, 1.54) is 18.1 Å². The van der Waals surface area contributed by atoms with E-state index in [1.54, 1.807) is 12.1 Å². The maximum atomic E-state index is 12.6. The highest BCUT2D eigenvalue weighted by Gasteiger charge is 2.34. The topological polar surface area (TPSA) is 46.6 Å². The lowest BCUT2D eigenvalue weighted by Crippen LogP contribution is -2.48. The molecular formula is C14H15Cl2NO3. The first-order valence-electron chi connectivity index (χ1n) is 6.38. The predicted molar refractivity (Wildman–Crippen MR) is 77.2 cm³/mol. The average molecular weight is 316 g/mol. The Morgan fingerprint density at radius 3 is 2.75 bits per heavy atom. The standard InChI is InChI=1S/C14H15Cl2NO3/c1-20-14(19)12-4-2-3-7-17(12)13(18)10-8-9(15)5-6-11(10)16/h5-6,8,12H,2-4,7H2,1H3. The molecule has 108 valence electrons. The number of esters is 1. The first kappa shape index (κ1) is 15.1. The molecular weight excluding hydrogens is 301 g/mol. The van der Waals surface area contributed by atoms with Crippen LogP contribution in [0, 0.1) is 0 Å². The third-order valence-electron chi connectivity index (χ3n) is 3.40. The zero-order valence-corrected chi connectivity index (χ0v) is 12.6. The lowest BCUT2D eigenvalue weighted by Gasteiger charge is -2.34. The number of methoxy groups -OCH3 is 1. The number of ether oxygens (including phenoxy) is 1. The molecule has 2 rings (SSSR count). The lowest BCUT2D eigenvalue weighted by atomic mass is 10.0. The Hall–Kier alpha value is -1.26. The molecule has 1 aromatic rings. The monoisotopic (exact) mass is 315 g/mol. The molecule has 20 heavy (non-hydrogen) atoms. The summed E-state index contributed by atoms with van der Waals surface area (Å²) in [6.45, 7) is 0.515. The van der Waals surface area contributed by atoms with E-state index >= 15 is 0 Å². The van der Waals surface area contributed by atoms with Gasteiger partial charge in [0.1, 0.15) is 6.04 Å². The summed E-state index contributed by atoms with van der Waals surface area (Å²) in [5, 5.41) is 0.762. The van der Waals surface area contributed by atoms with E-state index in [9.17, 15) is 9.59 Å². The van der Waals surface area contributed by atoms with Gasteiger partial charge in [0.25, 0.3) is 5.91 Å². The second-order valence-corrected chi connectivity index (χ2v) is 5.50. The first-order valence-corrected chi connectivity index (χ1v) is 7.14. The minimum Gasteiger partial charge on any atom is -0.467 e. The molecule has 1 aromatic carbocycles. The number of nitrogens with zero attached hydrogens (tertiary/aromatic N) is 1. The van der Waals surface area contributed by atoms with E-state index in [1.807, 2.05) is 0 Å². The van der Waals surface area contributed by atoms with Crippen molar-refractivity contribution in [1.29, 1.82) is 0 Å². The maximum absolute atomic E-state index is 12.6. The van der Waals surface area contributed by atoms with Crippen molar-refractivity contribution in [2.24, 2.45) is 0 Å². The Bertz CT molecular complexity index is 533. The molecule has 0 spiro atoms. The highest BCUT2D eigenvalue weighted by molar-refractivity contribution is 6.35. The quantitative estimate of drug-likeness (QED) is 0.787. The summed E-state index contributed by atoms with van der Waals surface area (Å²) < 4.78 is 4.77. The van der Waals surface area contributed by atoms with Gasteiger partial charge >= 0.3 is 5.97 Å². The Morgan fingerprint density at radius 2 is 2.05 bits per heavy atom. The molecule has 0 saturated carbocycles. The van der Waals surface area contributed by atoms with Crippen LogP contribution in [-0.2, 0) is 9.53 Å². The van der Waals surface area contributed by atoms with Gasteiger partial charge in [0.2, 0.25) is 0 Å². The Labute approximate surface area is 127 Å². The van der Waals surface area contributed by atoms with Gasteiger partial charge in [-0.15, -0.1) is 0 Å². The molecule has 1 unspecified atom stereocenters. The van der Waals surface area contributed by atoms with Gasteiger partial charge in [-0.2, -0.15) is 0 Å². The number of piperidine rings is 1. The summed E-state index contributed by atoms with van der Waals surface area (Å²) in [7, 11) is 1.33. The van der Waals surface area contributed by atoms with Crippen LogP contribution < -0.4 is 0 Å². The van der Waals surface area contributed by atoms with Gasteiger partial charge in [-0.1, -0.05) is 23.2 Å². The fourth-order valence-corrected chi connectivity index (χ4v) is 2.74. The molecule has 0 N–H and O–H groups in total. The molecule has 1 amide bonds. The van der Waals surface area contributed by atoms with Crippen molar-refractivity contribution in [2.75, 3.05) is 13.7 Å². The van der Waals surface area contributed by atoms with Crippen LogP contribution in [-0.4, -0.2) is 36.5 Å². The molecule has 4 nitrogen and oxygen atoms in total. The first-order chi connectivity index (χ1) is 9.54. The van der Waals surface area contributed by atoms with Crippen LogP contribution in [0.15, 0.2) is 18.2 Å². The number of rotatable bonds is 2. The summed E-state index contributed by atoms with van der Waals surface area (Å²) in [4.78, 5) is 25.9. The second kappa shape index (κ2) is 6.46. The van der Waals surface area contributed by atoms with Gasteiger partial charge < -0.3 is 9.64 Å². The minimum absolute atomic E-state index is 0.285. The van der Waals surface area contributed by atoms with Crippen molar-refractivity contribution in [3.05, 3.63) is 33.8 Å². The molecule has 1 aliphatic rings. The molecule has 0 aliphatic carbocycles. The highest BCUT2D eigenvalue weighted by Crippen LogP contribution is 2.26. The van der Waals surface area contributed by atoms with Crippen molar-refractivity contribution in [2.45, 2.75) is 25.3 Å². The number of amides is 1. The van der Waals surface area contributed by atoms with Crippen LogP contribution in [0.25, 0.3) is 0 Å². The van der Waals surface area contributed by atoms with Crippen molar-refractivity contribution in [3.63, 3.8) is 0 Å². The van der Waals surface area contributed by atoms with Crippen molar-refractivity contribution >= 4 is 35.1 Å². The fourth-order valence-electron chi connectivity index (χ4n) is 2.37. The van der Waals surface area contributed by atoms with Crippen LogP contribution >= 0.6 is 23.2 Å². The van der Waals surface area contributed by atoms with E-state index < -0.39 is 12.0 Å². The van der Waals surface area contributed by atoms with Gasteiger partial charge in [0, 0.05) is 11.6 Å². The highest BCUT2D eigenvalue weighted by atomic mass is 35.5. The molecule has 1 aliphatic heterocycles. The number of benzene rings is 1. The molecule has 0 aromatic heterocycles. The van der Waals surface area contributed by atoms with Gasteiger partial charge in [0.15, 0.2) is 0 Å². The van der Waals surface area contributed by atoms with Crippen LogP contribution in [0.1, 0.15) is 29.6 Å². The van der Waals surface area contributed by atoms with Gasteiger partial charge in [-0.05, 0) is 37.5 Å². The predicted octanol–water partition coefficient (Wildman–Crippen LogP) is 3.16. The number of likely N-dealkylation sites (tertiary alicyclic amines) is 1. The van der Waals surface area contributed by atoms with Crippen LogP contribution in [0.4, 0.5) is 0 Å². The van der Waals surface area contributed by atoms with E-state index in [2.05, 4.69) is 0 Å². The number of halogens is 2. The van der Waals surface area contributed by atoms with Crippen LogP contribution in [0.3, 0.4) is 0 Å². The van der Waals surface area contributed by atoms with Crippen molar-refractivity contribution in [3.8, 4) is 0 Å². The number of hydrogen-bond donors (Lipinski definition) is 0. The third-order valence-corrected chi connectivity index (χ3v) is 3.96. The number of hydrogen-bond acceptors (Lipinski definition) is 3. The molecule has 6 heteroatoms. The van der Waals surface area contributed by atoms with E-state index in [0.29, 0.717) is 28.6 Å².